The van der Waals surface area contributed by atoms with Crippen LogP contribution in [-0.4, -0.2) is 30.1 Å². The lowest BCUT2D eigenvalue weighted by molar-refractivity contribution is 0.182. The molecule has 0 aliphatic rings. The average Bonchev–Trinajstić information content (AvgIpc) is 2.36. The van der Waals surface area contributed by atoms with Crippen LogP contribution < -0.4 is 5.32 Å². The summed E-state index contributed by atoms with van der Waals surface area (Å²) in [5.41, 5.74) is 0.917. The zero-order chi connectivity index (χ0) is 15.3. The van der Waals surface area contributed by atoms with Crippen LogP contribution in [0.2, 0.25) is 0 Å². The zero-order valence-electron chi connectivity index (χ0n) is 13.7. The Labute approximate surface area is 123 Å². The van der Waals surface area contributed by atoms with Gasteiger partial charge in [-0.2, -0.15) is 0 Å². The lowest BCUT2D eigenvalue weighted by atomic mass is 10.0. The molecule has 114 valence electrons. The Morgan fingerprint density at radius 2 is 1.80 bits per heavy atom. The van der Waals surface area contributed by atoms with Crippen molar-refractivity contribution >= 4 is 0 Å². The molecule has 0 saturated carbocycles. The molecule has 0 saturated heterocycles. The maximum absolute atomic E-state index is 13.8. The molecule has 1 aromatic rings. The van der Waals surface area contributed by atoms with E-state index in [4.69, 9.17) is 0 Å². The van der Waals surface area contributed by atoms with E-state index >= 15 is 0 Å². The lowest BCUT2D eigenvalue weighted by Gasteiger charge is -2.32. The summed E-state index contributed by atoms with van der Waals surface area (Å²) < 4.78 is 13.8. The number of halogens is 1. The molecule has 1 aromatic carbocycles. The van der Waals surface area contributed by atoms with E-state index in [-0.39, 0.29) is 17.4 Å². The topological polar surface area (TPSA) is 15.3 Å². The monoisotopic (exact) mass is 280 g/mol. The average molecular weight is 280 g/mol. The second-order valence-corrected chi connectivity index (χ2v) is 6.68. The van der Waals surface area contributed by atoms with E-state index in [1.165, 1.54) is 6.07 Å². The molecule has 2 atom stereocenters. The first-order valence-corrected chi connectivity index (χ1v) is 7.44. The quantitative estimate of drug-likeness (QED) is 0.847. The number of benzene rings is 1. The molecule has 0 aromatic heterocycles. The Kier molecular flexibility index (Phi) is 6.15. The van der Waals surface area contributed by atoms with E-state index in [1.807, 2.05) is 12.1 Å². The number of rotatable bonds is 6. The first kappa shape index (κ1) is 17.1. The lowest BCUT2D eigenvalue weighted by Crippen LogP contribution is -2.40. The molecule has 0 bridgehead atoms. The van der Waals surface area contributed by atoms with E-state index in [2.05, 4.69) is 51.9 Å². The second-order valence-electron chi connectivity index (χ2n) is 6.68. The summed E-state index contributed by atoms with van der Waals surface area (Å²) in [4.78, 5) is 2.24. The molecular weight excluding hydrogens is 251 g/mol. The summed E-state index contributed by atoms with van der Waals surface area (Å²) in [6, 6.07) is 7.53. The standard InChI is InChI=1S/C17H29FN2/c1-13(11-12-19-17(3,4)5)20(6)14(2)15-9-7-8-10-16(15)18/h7-10,13-14,19H,11-12H2,1-6H3. The summed E-state index contributed by atoms with van der Waals surface area (Å²) in [6.07, 6.45) is 1.05. The van der Waals surface area contributed by atoms with Crippen LogP contribution in [0.15, 0.2) is 24.3 Å². The predicted molar refractivity (Wildman–Crippen MR) is 84.4 cm³/mol. The summed E-state index contributed by atoms with van der Waals surface area (Å²) in [7, 11) is 2.07. The first-order chi connectivity index (χ1) is 9.22. The molecule has 0 fully saturated rings. The molecule has 20 heavy (non-hydrogen) atoms. The van der Waals surface area contributed by atoms with Crippen LogP contribution in [0.4, 0.5) is 4.39 Å². The van der Waals surface area contributed by atoms with Crippen molar-refractivity contribution in [3.05, 3.63) is 35.6 Å². The SMILES string of the molecule is CC(CCNC(C)(C)C)N(C)C(C)c1ccccc1F. The van der Waals surface area contributed by atoms with Gasteiger partial charge in [0, 0.05) is 23.2 Å². The van der Waals surface area contributed by atoms with Crippen molar-refractivity contribution in [1.82, 2.24) is 10.2 Å². The van der Waals surface area contributed by atoms with Crippen LogP contribution >= 0.6 is 0 Å². The highest BCUT2D eigenvalue weighted by Gasteiger charge is 2.20. The highest BCUT2D eigenvalue weighted by Crippen LogP contribution is 2.23. The highest BCUT2D eigenvalue weighted by atomic mass is 19.1. The Morgan fingerprint density at radius 1 is 1.20 bits per heavy atom. The summed E-state index contributed by atoms with van der Waals surface area (Å²) >= 11 is 0. The van der Waals surface area contributed by atoms with Gasteiger partial charge in [0.15, 0.2) is 0 Å². The van der Waals surface area contributed by atoms with Gasteiger partial charge in [-0.25, -0.2) is 4.39 Å². The fourth-order valence-electron chi connectivity index (χ4n) is 2.27. The minimum Gasteiger partial charge on any atom is -0.312 e. The minimum atomic E-state index is -0.119. The van der Waals surface area contributed by atoms with Gasteiger partial charge in [-0.05, 0) is 60.7 Å². The molecule has 3 heteroatoms. The zero-order valence-corrected chi connectivity index (χ0v) is 13.7. The van der Waals surface area contributed by atoms with Crippen molar-refractivity contribution in [2.75, 3.05) is 13.6 Å². The van der Waals surface area contributed by atoms with E-state index < -0.39 is 0 Å². The van der Waals surface area contributed by atoms with Gasteiger partial charge in [-0.1, -0.05) is 18.2 Å². The van der Waals surface area contributed by atoms with Gasteiger partial charge in [0.25, 0.3) is 0 Å². The second kappa shape index (κ2) is 7.19. The number of nitrogens with one attached hydrogen (secondary N) is 1. The van der Waals surface area contributed by atoms with Gasteiger partial charge in [0.1, 0.15) is 5.82 Å². The summed E-state index contributed by atoms with van der Waals surface area (Å²) in [6.45, 7) is 11.7. The van der Waals surface area contributed by atoms with Gasteiger partial charge in [-0.15, -0.1) is 0 Å². The van der Waals surface area contributed by atoms with E-state index in [0.717, 1.165) is 18.5 Å². The molecule has 2 unspecified atom stereocenters. The largest absolute Gasteiger partial charge is 0.312 e. The number of nitrogens with zero attached hydrogens (tertiary/aromatic N) is 1. The third kappa shape index (κ3) is 5.22. The van der Waals surface area contributed by atoms with E-state index in [1.54, 1.807) is 6.07 Å². The highest BCUT2D eigenvalue weighted by molar-refractivity contribution is 5.20. The van der Waals surface area contributed by atoms with Gasteiger partial charge in [-0.3, -0.25) is 4.90 Å². The van der Waals surface area contributed by atoms with Gasteiger partial charge >= 0.3 is 0 Å². The Morgan fingerprint density at radius 3 is 2.35 bits per heavy atom. The molecule has 0 aliphatic carbocycles. The normalized spacial score (nSPS) is 15.4. The maximum Gasteiger partial charge on any atom is 0.127 e. The molecule has 0 spiro atoms. The number of hydrogen-bond donors (Lipinski definition) is 1. The molecule has 1 N–H and O–H groups in total. The van der Waals surface area contributed by atoms with Crippen molar-refractivity contribution in [3.63, 3.8) is 0 Å². The van der Waals surface area contributed by atoms with Crippen LogP contribution in [0.3, 0.4) is 0 Å². The Balaban J connectivity index is 2.56. The molecule has 0 heterocycles. The van der Waals surface area contributed by atoms with Crippen molar-refractivity contribution < 1.29 is 4.39 Å². The fourth-order valence-corrected chi connectivity index (χ4v) is 2.27. The van der Waals surface area contributed by atoms with Crippen LogP contribution in [-0.2, 0) is 0 Å². The van der Waals surface area contributed by atoms with Gasteiger partial charge in [0.2, 0.25) is 0 Å². The van der Waals surface area contributed by atoms with Crippen LogP contribution in [0.5, 0.6) is 0 Å². The molecule has 1 rings (SSSR count). The molecule has 0 aliphatic heterocycles. The van der Waals surface area contributed by atoms with Crippen molar-refractivity contribution in [3.8, 4) is 0 Å². The van der Waals surface area contributed by atoms with Crippen LogP contribution in [0.1, 0.15) is 52.6 Å². The fraction of sp³-hybridized carbons (Fsp3) is 0.647. The third-order valence-corrected chi connectivity index (χ3v) is 3.88. The molecule has 0 radical (unpaired) electrons. The predicted octanol–water partition coefficient (Wildman–Crippen LogP) is 3.99. The van der Waals surface area contributed by atoms with E-state index in [0.29, 0.717) is 6.04 Å². The van der Waals surface area contributed by atoms with Crippen LogP contribution in [0, 0.1) is 5.82 Å². The van der Waals surface area contributed by atoms with Crippen LogP contribution in [0.25, 0.3) is 0 Å². The number of hydrogen-bond acceptors (Lipinski definition) is 2. The van der Waals surface area contributed by atoms with E-state index in [9.17, 15) is 4.39 Å². The molecule has 2 nitrogen and oxygen atoms in total. The smallest absolute Gasteiger partial charge is 0.127 e. The minimum absolute atomic E-state index is 0.0841. The third-order valence-electron chi connectivity index (χ3n) is 3.88. The Hall–Kier alpha value is -0.930. The van der Waals surface area contributed by atoms with Crippen molar-refractivity contribution in [2.45, 2.75) is 58.7 Å². The van der Waals surface area contributed by atoms with Crippen molar-refractivity contribution in [2.24, 2.45) is 0 Å². The van der Waals surface area contributed by atoms with Gasteiger partial charge < -0.3 is 5.32 Å². The Bertz CT molecular complexity index is 412. The van der Waals surface area contributed by atoms with Crippen molar-refractivity contribution in [1.29, 1.82) is 0 Å². The van der Waals surface area contributed by atoms with Gasteiger partial charge in [0.05, 0.1) is 0 Å². The molecule has 0 amide bonds. The summed E-state index contributed by atoms with van der Waals surface area (Å²) in [5.74, 6) is -0.119. The first-order valence-electron chi connectivity index (χ1n) is 7.44. The molecular formula is C17H29FN2. The maximum atomic E-state index is 13.8. The summed E-state index contributed by atoms with van der Waals surface area (Å²) in [5, 5.41) is 3.50.